The van der Waals surface area contributed by atoms with Crippen molar-refractivity contribution in [3.8, 4) is 0 Å². The van der Waals surface area contributed by atoms with Crippen LogP contribution in [0.5, 0.6) is 0 Å². The van der Waals surface area contributed by atoms with Crippen molar-refractivity contribution in [2.45, 2.75) is 29.1 Å². The average molecular weight is 330 g/mol. The number of aliphatic hydroxyl groups is 1. The van der Waals surface area contributed by atoms with E-state index in [4.69, 9.17) is 5.53 Å². The second-order valence-corrected chi connectivity index (χ2v) is 7.28. The van der Waals surface area contributed by atoms with Crippen LogP contribution in [0.2, 0.25) is 4.82 Å². The van der Waals surface area contributed by atoms with E-state index in [-0.39, 0.29) is 37.4 Å². The minimum absolute atomic E-state index is 0.0583. The molecule has 2 heterocycles. The molecule has 102 valence electrons. The molecule has 9 heteroatoms. The number of nitrogens with one attached hydrogen (secondary N) is 1. The van der Waals surface area contributed by atoms with Crippen molar-refractivity contribution in [3.63, 3.8) is 0 Å². The van der Waals surface area contributed by atoms with E-state index in [1.807, 2.05) is 0 Å². The Morgan fingerprint density at radius 2 is 2.42 bits per heavy atom. The van der Waals surface area contributed by atoms with Crippen LogP contribution < -0.4 is 11.2 Å². The third-order valence-electron chi connectivity index (χ3n) is 3.04. The summed E-state index contributed by atoms with van der Waals surface area (Å²) in [5.41, 5.74) is 8.11. The Kier molecular flexibility index (Phi) is 4.11. The summed E-state index contributed by atoms with van der Waals surface area (Å²) < 4.78 is 1.48. The molecule has 1 aliphatic heterocycles. The number of aryl methyl sites for hydroxylation is 1. The summed E-state index contributed by atoms with van der Waals surface area (Å²) >= 11 is -0.0673. The Labute approximate surface area is 114 Å². The predicted octanol–water partition coefficient (Wildman–Crippen LogP) is -0.0888. The zero-order chi connectivity index (χ0) is 14.0. The maximum absolute atomic E-state index is 11.8. The Hall–Kier alpha value is -1.53. The van der Waals surface area contributed by atoms with Crippen molar-refractivity contribution in [2.75, 3.05) is 6.61 Å². The van der Waals surface area contributed by atoms with Crippen LogP contribution in [0.25, 0.3) is 10.4 Å². The quantitative estimate of drug-likeness (QED) is 0.348. The van der Waals surface area contributed by atoms with Gasteiger partial charge in [-0.15, -0.1) is 0 Å². The van der Waals surface area contributed by atoms with Gasteiger partial charge in [0.1, 0.15) is 0 Å². The number of hydrogen-bond acceptors (Lipinski definition) is 4. The molecule has 0 aliphatic carbocycles. The Balaban J connectivity index is 2.34. The first-order chi connectivity index (χ1) is 9.06. The monoisotopic (exact) mass is 331 g/mol. The fraction of sp³-hybridized carbons (Fsp3) is 0.600. The molecule has 1 aliphatic rings. The number of H-pyrrole nitrogens is 1. The Morgan fingerprint density at radius 1 is 1.68 bits per heavy atom. The van der Waals surface area contributed by atoms with Gasteiger partial charge in [0.25, 0.3) is 0 Å². The van der Waals surface area contributed by atoms with E-state index < -0.39 is 11.2 Å². The third kappa shape index (κ3) is 2.74. The standard InChI is InChI=1S/C10H13N5O3Se/c1-5-3-15(10(18)12-9(5)17)8-2-6(13-14-11)7(4-16)19-8/h3,6-8,16H,2,4H2,1H3,(H,12,17,18)/t6-,7-,8-/m1/s1. The number of nitrogens with zero attached hydrogens (tertiary/aromatic N) is 4. The van der Waals surface area contributed by atoms with E-state index >= 15 is 0 Å². The van der Waals surface area contributed by atoms with E-state index in [1.165, 1.54) is 10.8 Å². The first kappa shape index (κ1) is 13.9. The fourth-order valence-corrected chi connectivity index (χ4v) is 5.04. The molecule has 3 atom stereocenters. The molecule has 1 aromatic rings. The molecule has 0 unspecified atom stereocenters. The second-order valence-electron chi connectivity index (χ2n) is 4.30. The molecule has 0 aromatic carbocycles. The van der Waals surface area contributed by atoms with Crippen molar-refractivity contribution in [1.29, 1.82) is 0 Å². The summed E-state index contributed by atoms with van der Waals surface area (Å²) in [4.78, 5) is 28.0. The molecular weight excluding hydrogens is 317 g/mol. The van der Waals surface area contributed by atoms with Crippen LogP contribution in [-0.4, -0.2) is 42.3 Å². The van der Waals surface area contributed by atoms with E-state index in [0.717, 1.165) is 0 Å². The molecule has 19 heavy (non-hydrogen) atoms. The van der Waals surface area contributed by atoms with Gasteiger partial charge < -0.3 is 0 Å². The summed E-state index contributed by atoms with van der Waals surface area (Å²) in [6, 6.07) is -0.292. The molecule has 0 bridgehead atoms. The van der Waals surface area contributed by atoms with Gasteiger partial charge in [0.15, 0.2) is 0 Å². The van der Waals surface area contributed by atoms with Crippen LogP contribution in [0.15, 0.2) is 20.9 Å². The molecule has 1 saturated heterocycles. The molecule has 2 N–H and O–H groups in total. The van der Waals surface area contributed by atoms with Crippen LogP contribution in [0.3, 0.4) is 0 Å². The molecular formula is C10H13N5O3Se. The van der Waals surface area contributed by atoms with Gasteiger partial charge in [-0.05, 0) is 0 Å². The van der Waals surface area contributed by atoms with E-state index in [0.29, 0.717) is 12.0 Å². The van der Waals surface area contributed by atoms with Crippen LogP contribution in [-0.2, 0) is 0 Å². The summed E-state index contributed by atoms with van der Waals surface area (Å²) in [5, 5.41) is 13.0. The summed E-state index contributed by atoms with van der Waals surface area (Å²) in [6.45, 7) is 1.57. The van der Waals surface area contributed by atoms with Gasteiger partial charge >= 0.3 is 114 Å². The number of aliphatic hydroxyl groups excluding tert-OH is 1. The maximum atomic E-state index is 11.8. The van der Waals surface area contributed by atoms with Gasteiger partial charge in [-0.2, -0.15) is 0 Å². The normalized spacial score (nSPS) is 26.1. The Bertz CT molecular complexity index is 633. The van der Waals surface area contributed by atoms with Gasteiger partial charge in [-0.25, -0.2) is 0 Å². The second kappa shape index (κ2) is 5.63. The summed E-state index contributed by atoms with van der Waals surface area (Å²) in [5.74, 6) is 0. The molecule has 1 fully saturated rings. The summed E-state index contributed by atoms with van der Waals surface area (Å²) in [7, 11) is 0. The van der Waals surface area contributed by atoms with Crippen LogP contribution >= 0.6 is 0 Å². The van der Waals surface area contributed by atoms with Crippen molar-refractivity contribution < 1.29 is 5.11 Å². The number of azide groups is 1. The van der Waals surface area contributed by atoms with Crippen molar-refractivity contribution in [2.24, 2.45) is 5.11 Å². The molecule has 0 amide bonds. The molecule has 8 nitrogen and oxygen atoms in total. The zero-order valence-corrected chi connectivity index (χ0v) is 11.9. The Morgan fingerprint density at radius 3 is 3.05 bits per heavy atom. The molecule has 1 aromatic heterocycles. The van der Waals surface area contributed by atoms with Crippen molar-refractivity contribution >= 4 is 15.0 Å². The van der Waals surface area contributed by atoms with Crippen LogP contribution in [0.1, 0.15) is 16.9 Å². The number of aromatic amines is 1. The van der Waals surface area contributed by atoms with Gasteiger partial charge in [0.05, 0.1) is 0 Å². The zero-order valence-electron chi connectivity index (χ0n) is 10.2. The van der Waals surface area contributed by atoms with Gasteiger partial charge in [-0.3, -0.25) is 0 Å². The van der Waals surface area contributed by atoms with Crippen molar-refractivity contribution in [1.82, 2.24) is 9.55 Å². The van der Waals surface area contributed by atoms with E-state index in [2.05, 4.69) is 15.0 Å². The molecule has 0 saturated carbocycles. The predicted molar refractivity (Wildman–Crippen MR) is 69.2 cm³/mol. The average Bonchev–Trinajstić information content (AvgIpc) is 2.77. The first-order valence-corrected chi connectivity index (χ1v) is 7.67. The first-order valence-electron chi connectivity index (χ1n) is 5.69. The molecule has 0 radical (unpaired) electrons. The summed E-state index contributed by atoms with van der Waals surface area (Å²) in [6.07, 6.45) is 2.04. The SMILES string of the molecule is Cc1cn([C@H]2C[C@@H](N=[N+]=[N-])[C@@H](CO)[Se]2)c(=O)[nH]c1=O. The van der Waals surface area contributed by atoms with E-state index in [9.17, 15) is 14.7 Å². The van der Waals surface area contributed by atoms with Crippen molar-refractivity contribution in [3.05, 3.63) is 43.0 Å². The number of aromatic nitrogens is 2. The topological polar surface area (TPSA) is 124 Å². The van der Waals surface area contributed by atoms with Gasteiger partial charge in [-0.1, -0.05) is 0 Å². The fourth-order valence-electron chi connectivity index (χ4n) is 2.04. The van der Waals surface area contributed by atoms with Crippen LogP contribution in [0, 0.1) is 6.92 Å². The van der Waals surface area contributed by atoms with E-state index in [1.54, 1.807) is 6.92 Å². The van der Waals surface area contributed by atoms with Gasteiger partial charge in [0.2, 0.25) is 0 Å². The minimum atomic E-state index is -0.458. The van der Waals surface area contributed by atoms with Crippen LogP contribution in [0.4, 0.5) is 0 Å². The number of rotatable bonds is 3. The van der Waals surface area contributed by atoms with Gasteiger partial charge in [0, 0.05) is 0 Å². The molecule has 2 rings (SSSR count). The third-order valence-corrected chi connectivity index (χ3v) is 6.28. The molecule has 0 spiro atoms. The number of hydrogen-bond donors (Lipinski definition) is 2.